The van der Waals surface area contributed by atoms with Gasteiger partial charge in [0, 0.05) is 21.7 Å². The molecule has 0 unspecified atom stereocenters. The lowest BCUT2D eigenvalue weighted by atomic mass is 9.98. The van der Waals surface area contributed by atoms with Crippen molar-refractivity contribution in [2.45, 2.75) is 19.0 Å². The number of carbonyl (C=O) groups excluding carboxylic acids is 2. The highest BCUT2D eigenvalue weighted by molar-refractivity contribution is 6.30. The first-order valence-corrected chi connectivity index (χ1v) is 10.1. The van der Waals surface area contributed by atoms with Gasteiger partial charge in [0.1, 0.15) is 5.82 Å². The number of hydrogen-bond donors (Lipinski definition) is 2. The number of rotatable bonds is 4. The van der Waals surface area contributed by atoms with Crippen LogP contribution < -0.4 is 10.7 Å². The molecule has 3 aromatic carbocycles. The minimum absolute atomic E-state index is 0.341. The molecule has 2 atom stereocenters. The Kier molecular flexibility index (Phi) is 5.82. The van der Waals surface area contributed by atoms with Gasteiger partial charge in [-0.05, 0) is 55.5 Å². The number of hydrazone groups is 1. The van der Waals surface area contributed by atoms with Crippen molar-refractivity contribution in [1.82, 2.24) is 10.7 Å². The van der Waals surface area contributed by atoms with Gasteiger partial charge in [0.15, 0.2) is 6.04 Å². The molecule has 5 nitrogen and oxygen atoms in total. The lowest BCUT2D eigenvalue weighted by molar-refractivity contribution is -0.596. The molecule has 2 N–H and O–H groups in total. The highest BCUT2D eigenvalue weighted by Gasteiger charge is 2.47. The van der Waals surface area contributed by atoms with Crippen molar-refractivity contribution in [3.05, 3.63) is 106 Å². The van der Waals surface area contributed by atoms with Crippen molar-refractivity contribution in [2.24, 2.45) is 0 Å². The summed E-state index contributed by atoms with van der Waals surface area (Å²) in [6.07, 6.45) is 1.72. The molecule has 1 heterocycles. The van der Waals surface area contributed by atoms with Crippen LogP contribution in [0.15, 0.2) is 72.8 Å². The maximum absolute atomic E-state index is 13.3. The van der Waals surface area contributed by atoms with Crippen LogP contribution in [0, 0.1) is 12.7 Å². The second-order valence-corrected chi connectivity index (χ2v) is 7.81. The van der Waals surface area contributed by atoms with Crippen molar-refractivity contribution < 1.29 is 18.7 Å². The summed E-state index contributed by atoms with van der Waals surface area (Å²) in [6.45, 7) is 1.98. The summed E-state index contributed by atoms with van der Waals surface area (Å²) >= 11 is 5.90. The molecular formula is C24H20ClFN3O2+. The van der Waals surface area contributed by atoms with Gasteiger partial charge < -0.3 is 5.32 Å². The predicted octanol–water partition coefficient (Wildman–Crippen LogP) is 3.80. The van der Waals surface area contributed by atoms with Crippen LogP contribution in [-0.2, 0) is 4.79 Å². The number of nitrogens with zero attached hydrogens (tertiary/aromatic N) is 1. The summed E-state index contributed by atoms with van der Waals surface area (Å²) in [6, 6.07) is 18.8. The third-order valence-corrected chi connectivity index (χ3v) is 5.36. The maximum Gasteiger partial charge on any atom is 0.304 e. The van der Waals surface area contributed by atoms with Gasteiger partial charge in [-0.1, -0.05) is 41.4 Å². The zero-order valence-corrected chi connectivity index (χ0v) is 17.4. The molecule has 31 heavy (non-hydrogen) atoms. The Hall–Kier alpha value is -3.51. The van der Waals surface area contributed by atoms with Crippen molar-refractivity contribution in [3.63, 3.8) is 0 Å². The normalized spacial score (nSPS) is 19.3. The molecule has 0 saturated carbocycles. The van der Waals surface area contributed by atoms with Gasteiger partial charge in [-0.3, -0.25) is 9.59 Å². The number of halogens is 2. The van der Waals surface area contributed by atoms with Crippen LogP contribution in [0.4, 0.5) is 4.39 Å². The summed E-state index contributed by atoms with van der Waals surface area (Å²) in [5.74, 6) is -1.06. The van der Waals surface area contributed by atoms with E-state index in [-0.39, 0.29) is 17.6 Å². The Bertz CT molecular complexity index is 1140. The van der Waals surface area contributed by atoms with E-state index in [1.54, 1.807) is 47.3 Å². The Labute approximate surface area is 184 Å². The van der Waals surface area contributed by atoms with Crippen LogP contribution >= 0.6 is 11.6 Å². The molecule has 0 aromatic heterocycles. The average Bonchev–Trinajstić information content (AvgIpc) is 3.05. The highest BCUT2D eigenvalue weighted by Crippen LogP contribution is 2.26. The van der Waals surface area contributed by atoms with Gasteiger partial charge in [0.25, 0.3) is 5.91 Å². The number of aryl methyl sites for hydroxylation is 1. The molecule has 1 fully saturated rings. The molecule has 0 radical (unpaired) electrons. The van der Waals surface area contributed by atoms with E-state index in [4.69, 9.17) is 11.6 Å². The first-order chi connectivity index (χ1) is 14.9. The summed E-state index contributed by atoms with van der Waals surface area (Å²) in [7, 11) is 0. The van der Waals surface area contributed by atoms with Crippen molar-refractivity contribution >= 4 is 29.6 Å². The SMILES string of the molecule is Cc1ccc([C@@H]2[C@@H](NC(=O)c3ccc(Cl)cc3)C(=O)N/[N+]2=C\c2ccc(F)cc2)cc1. The zero-order chi connectivity index (χ0) is 22.0. The molecule has 1 aliphatic heterocycles. The van der Waals surface area contributed by atoms with Crippen molar-refractivity contribution in [2.75, 3.05) is 0 Å². The number of benzene rings is 3. The number of carbonyl (C=O) groups is 2. The summed E-state index contributed by atoms with van der Waals surface area (Å²) in [4.78, 5) is 25.6. The van der Waals surface area contributed by atoms with Gasteiger partial charge >= 0.3 is 5.91 Å². The Morgan fingerprint density at radius 3 is 2.32 bits per heavy atom. The Morgan fingerprint density at radius 1 is 1.03 bits per heavy atom. The average molecular weight is 437 g/mol. The second kappa shape index (κ2) is 8.70. The van der Waals surface area contributed by atoms with Crippen LogP contribution in [-0.4, -0.2) is 28.8 Å². The van der Waals surface area contributed by atoms with Crippen LogP contribution in [0.25, 0.3) is 0 Å². The zero-order valence-electron chi connectivity index (χ0n) is 16.7. The largest absolute Gasteiger partial charge is 0.334 e. The molecule has 156 valence electrons. The third kappa shape index (κ3) is 4.64. The quantitative estimate of drug-likeness (QED) is 0.611. The molecule has 7 heteroatoms. The van der Waals surface area contributed by atoms with Gasteiger partial charge in [-0.15, -0.1) is 10.1 Å². The second-order valence-electron chi connectivity index (χ2n) is 7.38. The fraction of sp³-hybridized carbons (Fsp3) is 0.125. The molecule has 0 spiro atoms. The molecule has 0 bridgehead atoms. The summed E-state index contributed by atoms with van der Waals surface area (Å²) in [5, 5.41) is 3.36. The minimum atomic E-state index is -0.831. The molecule has 1 aliphatic rings. The van der Waals surface area contributed by atoms with Crippen LogP contribution in [0.5, 0.6) is 0 Å². The van der Waals surface area contributed by atoms with Crippen LogP contribution in [0.1, 0.15) is 33.1 Å². The monoisotopic (exact) mass is 436 g/mol. The van der Waals surface area contributed by atoms with Gasteiger partial charge in [0.2, 0.25) is 12.3 Å². The van der Waals surface area contributed by atoms with Crippen LogP contribution in [0.3, 0.4) is 0 Å². The molecule has 4 rings (SSSR count). The van der Waals surface area contributed by atoms with Gasteiger partial charge in [0.05, 0.1) is 0 Å². The number of hydrogen-bond acceptors (Lipinski definition) is 2. The number of hydrazine groups is 1. The molecule has 0 aliphatic carbocycles. The summed E-state index contributed by atoms with van der Waals surface area (Å²) < 4.78 is 14.9. The van der Waals surface area contributed by atoms with E-state index in [0.29, 0.717) is 16.1 Å². The highest BCUT2D eigenvalue weighted by atomic mass is 35.5. The minimum Gasteiger partial charge on any atom is -0.334 e. The van der Waals surface area contributed by atoms with E-state index >= 15 is 0 Å². The van der Waals surface area contributed by atoms with E-state index in [9.17, 15) is 14.0 Å². The fourth-order valence-corrected chi connectivity index (χ4v) is 3.61. The van der Waals surface area contributed by atoms with Crippen molar-refractivity contribution in [1.29, 1.82) is 0 Å². The molecule has 3 aromatic rings. The molecule has 1 saturated heterocycles. The van der Waals surface area contributed by atoms with E-state index in [2.05, 4.69) is 10.7 Å². The fourth-order valence-electron chi connectivity index (χ4n) is 3.48. The van der Waals surface area contributed by atoms with Crippen LogP contribution in [0.2, 0.25) is 5.02 Å². The predicted molar refractivity (Wildman–Crippen MR) is 117 cm³/mol. The van der Waals surface area contributed by atoms with E-state index in [1.807, 2.05) is 31.2 Å². The topological polar surface area (TPSA) is 61.2 Å². The third-order valence-electron chi connectivity index (χ3n) is 5.11. The number of nitrogens with one attached hydrogen (secondary N) is 2. The first-order valence-electron chi connectivity index (χ1n) is 9.73. The van der Waals surface area contributed by atoms with Gasteiger partial charge in [-0.25, -0.2) is 4.39 Å². The number of amides is 2. The molecular weight excluding hydrogens is 417 g/mol. The smallest absolute Gasteiger partial charge is 0.304 e. The first kappa shape index (κ1) is 20.8. The standard InChI is InChI=1S/C24H19ClFN3O2/c1-15-2-6-17(7-3-15)22-21(27-23(30)18-8-10-19(25)11-9-18)24(31)28-29(22)14-16-4-12-20(26)13-5-16/h2-14,21-22H,1H3,(H-,27,28,30,31)/p+1/b29-14-/t21-,22-/m1/s1. The Morgan fingerprint density at radius 2 is 1.68 bits per heavy atom. The van der Waals surface area contributed by atoms with E-state index < -0.39 is 12.1 Å². The maximum atomic E-state index is 13.3. The molecule has 2 amide bonds. The van der Waals surface area contributed by atoms with Gasteiger partial charge in [-0.2, -0.15) is 0 Å². The summed E-state index contributed by atoms with van der Waals surface area (Å²) in [5.41, 5.74) is 5.85. The lowest BCUT2D eigenvalue weighted by Gasteiger charge is -2.15. The van der Waals surface area contributed by atoms with Crippen molar-refractivity contribution in [3.8, 4) is 0 Å². The Balaban J connectivity index is 1.69. The lowest BCUT2D eigenvalue weighted by Crippen LogP contribution is -2.42. The van der Waals surface area contributed by atoms with E-state index in [1.165, 1.54) is 12.1 Å². The van der Waals surface area contributed by atoms with E-state index in [0.717, 1.165) is 11.1 Å².